The topological polar surface area (TPSA) is 75.6 Å². The maximum absolute atomic E-state index is 12.4. The Morgan fingerprint density at radius 3 is 2.06 bits per heavy atom. The van der Waals surface area contributed by atoms with Gasteiger partial charge in [-0.3, -0.25) is 0 Å². The molecule has 0 bridgehead atoms. The van der Waals surface area contributed by atoms with E-state index in [1.165, 1.54) is 5.56 Å². The molecule has 0 saturated heterocycles. The predicted molar refractivity (Wildman–Crippen MR) is 124 cm³/mol. The Morgan fingerprint density at radius 1 is 0.844 bits per heavy atom. The molecule has 3 aromatic carbocycles. The van der Waals surface area contributed by atoms with Gasteiger partial charge in [0, 0.05) is 5.92 Å². The van der Waals surface area contributed by atoms with Gasteiger partial charge in [-0.15, -0.1) is 0 Å². The lowest BCUT2D eigenvalue weighted by Gasteiger charge is -2.17. The molecule has 1 atom stereocenters. The predicted octanol–water partition coefficient (Wildman–Crippen LogP) is 5.39. The molecule has 2 N–H and O–H groups in total. The van der Waals surface area contributed by atoms with Gasteiger partial charge in [0.15, 0.2) is 0 Å². The van der Waals surface area contributed by atoms with Crippen LogP contribution in [0.2, 0.25) is 0 Å². The van der Waals surface area contributed by atoms with Crippen LogP contribution < -0.4 is 5.32 Å². The van der Waals surface area contributed by atoms with Crippen molar-refractivity contribution in [2.24, 2.45) is 0 Å². The molecule has 0 spiro atoms. The number of carbonyl (C=O) groups excluding carboxylic acids is 1. The number of benzene rings is 3. The zero-order valence-electron chi connectivity index (χ0n) is 17.9. The summed E-state index contributed by atoms with van der Waals surface area (Å²) in [5, 5.41) is 12.0. The minimum atomic E-state index is -1.04. The van der Waals surface area contributed by atoms with Crippen LogP contribution in [-0.4, -0.2) is 29.8 Å². The Hall–Kier alpha value is -3.60. The summed E-state index contributed by atoms with van der Waals surface area (Å²) in [6, 6.07) is 25.3. The van der Waals surface area contributed by atoms with Crippen LogP contribution in [0.4, 0.5) is 4.79 Å². The maximum atomic E-state index is 12.4. The number of amides is 1. The van der Waals surface area contributed by atoms with Crippen LogP contribution in [0.5, 0.6) is 0 Å². The molecule has 1 unspecified atom stereocenters. The van der Waals surface area contributed by atoms with E-state index in [2.05, 4.69) is 29.6 Å². The third kappa shape index (κ3) is 4.99. The maximum Gasteiger partial charge on any atom is 0.407 e. The molecular formula is C27H27NO4. The van der Waals surface area contributed by atoms with Gasteiger partial charge in [-0.05, 0) is 47.1 Å². The molecule has 5 heteroatoms. The van der Waals surface area contributed by atoms with Gasteiger partial charge in [0.25, 0.3) is 0 Å². The van der Waals surface area contributed by atoms with Gasteiger partial charge in [0.1, 0.15) is 12.6 Å². The second-order valence-corrected chi connectivity index (χ2v) is 8.09. The summed E-state index contributed by atoms with van der Waals surface area (Å²) in [5.74, 6) is -1.10. The van der Waals surface area contributed by atoms with Crippen LogP contribution in [0.25, 0.3) is 11.1 Å². The smallest absolute Gasteiger partial charge is 0.407 e. The molecule has 0 saturated carbocycles. The summed E-state index contributed by atoms with van der Waals surface area (Å²) in [6.45, 7) is 0.167. The molecular weight excluding hydrogens is 402 g/mol. The lowest BCUT2D eigenvalue weighted by Crippen LogP contribution is -2.41. The average Bonchev–Trinajstić information content (AvgIpc) is 3.14. The van der Waals surface area contributed by atoms with Gasteiger partial charge in [-0.25, -0.2) is 9.59 Å². The Bertz CT molecular complexity index is 1030. The molecule has 0 radical (unpaired) electrons. The van der Waals surface area contributed by atoms with E-state index in [0.29, 0.717) is 12.8 Å². The Morgan fingerprint density at radius 2 is 1.44 bits per heavy atom. The van der Waals surface area contributed by atoms with Crippen molar-refractivity contribution in [1.29, 1.82) is 0 Å². The van der Waals surface area contributed by atoms with Gasteiger partial charge in [0.05, 0.1) is 0 Å². The Kier molecular flexibility index (Phi) is 6.85. The number of carbonyl (C=O) groups is 2. The average molecular weight is 430 g/mol. The number of ether oxygens (including phenoxy) is 1. The van der Waals surface area contributed by atoms with Crippen LogP contribution in [0.15, 0.2) is 78.9 Å². The zero-order chi connectivity index (χ0) is 22.3. The molecule has 5 nitrogen and oxygen atoms in total. The van der Waals surface area contributed by atoms with Crippen molar-refractivity contribution in [1.82, 2.24) is 5.32 Å². The highest BCUT2D eigenvalue weighted by Crippen LogP contribution is 2.44. The fourth-order valence-electron chi connectivity index (χ4n) is 4.36. The molecule has 0 fully saturated rings. The van der Waals surface area contributed by atoms with Gasteiger partial charge in [-0.1, -0.05) is 85.3 Å². The van der Waals surface area contributed by atoms with E-state index in [1.54, 1.807) is 0 Å². The first-order chi connectivity index (χ1) is 15.6. The fourth-order valence-corrected chi connectivity index (χ4v) is 4.36. The van der Waals surface area contributed by atoms with Crippen LogP contribution in [0.1, 0.15) is 41.9 Å². The molecule has 4 rings (SSSR count). The van der Waals surface area contributed by atoms with Crippen molar-refractivity contribution < 1.29 is 19.4 Å². The van der Waals surface area contributed by atoms with Crippen molar-refractivity contribution in [2.75, 3.05) is 6.61 Å². The number of aliphatic carboxylic acids is 1. The first kappa shape index (κ1) is 21.6. The molecule has 0 heterocycles. The van der Waals surface area contributed by atoms with Gasteiger partial charge >= 0.3 is 12.1 Å². The molecule has 1 aliphatic rings. The summed E-state index contributed by atoms with van der Waals surface area (Å²) < 4.78 is 5.48. The minimum absolute atomic E-state index is 0.0534. The summed E-state index contributed by atoms with van der Waals surface area (Å²) in [7, 11) is 0. The van der Waals surface area contributed by atoms with E-state index in [1.807, 2.05) is 54.6 Å². The van der Waals surface area contributed by atoms with E-state index < -0.39 is 18.1 Å². The summed E-state index contributed by atoms with van der Waals surface area (Å²) in [4.78, 5) is 24.0. The highest BCUT2D eigenvalue weighted by molar-refractivity contribution is 5.81. The van der Waals surface area contributed by atoms with Gasteiger partial charge < -0.3 is 15.2 Å². The second kappa shape index (κ2) is 10.1. The van der Waals surface area contributed by atoms with Crippen LogP contribution >= 0.6 is 0 Å². The lowest BCUT2D eigenvalue weighted by molar-refractivity contribution is -0.139. The zero-order valence-corrected chi connectivity index (χ0v) is 17.9. The van der Waals surface area contributed by atoms with Crippen molar-refractivity contribution in [3.8, 4) is 11.1 Å². The molecule has 0 aliphatic heterocycles. The van der Waals surface area contributed by atoms with E-state index in [4.69, 9.17) is 4.74 Å². The minimum Gasteiger partial charge on any atom is -0.480 e. The quantitative estimate of drug-likeness (QED) is 0.447. The summed E-state index contributed by atoms with van der Waals surface area (Å²) >= 11 is 0. The van der Waals surface area contributed by atoms with Crippen molar-refractivity contribution in [2.45, 2.75) is 37.6 Å². The SMILES string of the molecule is O=C(NC(CCCCc1ccccc1)C(=O)O)OCC1c2ccccc2-c2ccccc21. The molecule has 3 aromatic rings. The number of unbranched alkanes of at least 4 members (excludes halogenated alkanes) is 1. The highest BCUT2D eigenvalue weighted by Gasteiger charge is 2.29. The summed E-state index contributed by atoms with van der Waals surface area (Å²) in [5.41, 5.74) is 5.77. The Labute approximate surface area is 188 Å². The largest absolute Gasteiger partial charge is 0.480 e. The molecule has 0 aromatic heterocycles. The fraction of sp³-hybridized carbons (Fsp3) is 0.259. The number of hydrogen-bond donors (Lipinski definition) is 2. The number of hydrogen-bond acceptors (Lipinski definition) is 3. The van der Waals surface area contributed by atoms with Crippen molar-refractivity contribution >= 4 is 12.1 Å². The Balaban J connectivity index is 1.30. The first-order valence-electron chi connectivity index (χ1n) is 11.0. The van der Waals surface area contributed by atoms with E-state index in [9.17, 15) is 14.7 Å². The van der Waals surface area contributed by atoms with Crippen LogP contribution in [0.3, 0.4) is 0 Å². The molecule has 164 valence electrons. The normalized spacial score (nSPS) is 13.1. The van der Waals surface area contributed by atoms with Crippen LogP contribution in [-0.2, 0) is 16.0 Å². The van der Waals surface area contributed by atoms with E-state index >= 15 is 0 Å². The first-order valence-corrected chi connectivity index (χ1v) is 11.0. The van der Waals surface area contributed by atoms with Crippen LogP contribution in [0, 0.1) is 0 Å². The van der Waals surface area contributed by atoms with Crippen molar-refractivity contribution in [3.63, 3.8) is 0 Å². The summed E-state index contributed by atoms with van der Waals surface area (Å²) in [6.07, 6.45) is 2.13. The molecule has 1 amide bonds. The second-order valence-electron chi connectivity index (χ2n) is 8.09. The third-order valence-corrected chi connectivity index (χ3v) is 5.98. The van der Waals surface area contributed by atoms with Gasteiger partial charge in [-0.2, -0.15) is 0 Å². The van der Waals surface area contributed by atoms with Crippen molar-refractivity contribution in [3.05, 3.63) is 95.6 Å². The number of aryl methyl sites for hydroxylation is 1. The number of carboxylic acid groups (broad SMARTS) is 1. The molecule has 32 heavy (non-hydrogen) atoms. The number of alkyl carbamates (subject to hydrolysis) is 1. The number of nitrogens with one attached hydrogen (secondary N) is 1. The number of carboxylic acids is 1. The standard InChI is InChI=1S/C27H27NO4/c29-26(30)25(17-9-4-12-19-10-2-1-3-11-19)28-27(31)32-18-24-22-15-7-5-13-20(22)21-14-6-8-16-23(21)24/h1-3,5-8,10-11,13-16,24-25H,4,9,12,17-18H2,(H,28,31)(H,29,30). The monoisotopic (exact) mass is 429 g/mol. The molecule has 1 aliphatic carbocycles. The van der Waals surface area contributed by atoms with E-state index in [0.717, 1.165) is 35.1 Å². The van der Waals surface area contributed by atoms with Gasteiger partial charge in [0.2, 0.25) is 0 Å². The number of fused-ring (bicyclic) bond motifs is 3. The lowest BCUT2D eigenvalue weighted by atomic mass is 9.98. The van der Waals surface area contributed by atoms with E-state index in [-0.39, 0.29) is 12.5 Å². The number of rotatable bonds is 9. The highest BCUT2D eigenvalue weighted by atomic mass is 16.5. The third-order valence-electron chi connectivity index (χ3n) is 5.98.